The molecule has 7 heteroatoms. The summed E-state index contributed by atoms with van der Waals surface area (Å²) >= 11 is 7.65. The van der Waals surface area contributed by atoms with Gasteiger partial charge in [-0.05, 0) is 36.8 Å². The summed E-state index contributed by atoms with van der Waals surface area (Å²) in [6.45, 7) is 1.96. The van der Waals surface area contributed by atoms with Gasteiger partial charge in [0.05, 0.1) is 16.4 Å². The molecular weight excluding hydrogens is 368 g/mol. The Hall–Kier alpha value is -2.70. The predicted octanol–water partition coefficient (Wildman–Crippen LogP) is 4.90. The number of hydrogen-bond donors (Lipinski definition) is 1. The van der Waals surface area contributed by atoms with E-state index in [2.05, 4.69) is 10.3 Å². The fraction of sp³-hybridized carbons (Fsp3) is 0.105. The highest BCUT2D eigenvalue weighted by Crippen LogP contribution is 2.30. The SMILES string of the molecule is Cc1nc2ccc(Cl)cn2c1-c1csc(Nc2cccc(CC=O)c2)n1. The second-order valence-electron chi connectivity index (χ2n) is 5.86. The zero-order chi connectivity index (χ0) is 18.1. The van der Waals surface area contributed by atoms with Crippen LogP contribution in [0.2, 0.25) is 5.02 Å². The summed E-state index contributed by atoms with van der Waals surface area (Å²) in [5.41, 5.74) is 5.38. The Morgan fingerprint density at radius 1 is 1.27 bits per heavy atom. The molecule has 0 bridgehead atoms. The lowest BCUT2D eigenvalue weighted by Crippen LogP contribution is -1.93. The lowest BCUT2D eigenvalue weighted by atomic mass is 10.1. The van der Waals surface area contributed by atoms with E-state index in [9.17, 15) is 4.79 Å². The molecule has 5 nitrogen and oxygen atoms in total. The van der Waals surface area contributed by atoms with Gasteiger partial charge in [0.15, 0.2) is 5.13 Å². The fourth-order valence-electron chi connectivity index (χ4n) is 2.88. The molecule has 0 radical (unpaired) electrons. The van der Waals surface area contributed by atoms with E-state index in [1.165, 1.54) is 11.3 Å². The number of nitrogens with zero attached hydrogens (tertiary/aromatic N) is 3. The van der Waals surface area contributed by atoms with Crippen LogP contribution in [-0.4, -0.2) is 20.7 Å². The Labute approximate surface area is 159 Å². The maximum Gasteiger partial charge on any atom is 0.187 e. The van der Waals surface area contributed by atoms with Crippen LogP contribution in [-0.2, 0) is 11.2 Å². The Balaban J connectivity index is 1.67. The number of fused-ring (bicyclic) bond motifs is 1. The maximum absolute atomic E-state index is 10.7. The Kier molecular flexibility index (Phi) is 4.44. The molecule has 1 aromatic carbocycles. The van der Waals surface area contributed by atoms with Gasteiger partial charge < -0.3 is 10.1 Å². The molecular formula is C19H15ClN4OS. The standard InChI is InChI=1S/C19H15ClN4OS/c1-12-18(24-10-14(20)5-6-17(24)21-12)16-11-26-19(23-16)22-15-4-2-3-13(9-15)7-8-25/h2-6,8-11H,7H2,1H3,(H,22,23). The zero-order valence-corrected chi connectivity index (χ0v) is 15.5. The van der Waals surface area contributed by atoms with Crippen molar-refractivity contribution in [2.75, 3.05) is 5.32 Å². The van der Waals surface area contributed by atoms with E-state index in [4.69, 9.17) is 16.6 Å². The van der Waals surface area contributed by atoms with Crippen molar-refractivity contribution in [3.8, 4) is 11.4 Å². The molecule has 0 atom stereocenters. The normalized spacial score (nSPS) is 11.0. The van der Waals surface area contributed by atoms with Crippen molar-refractivity contribution in [1.82, 2.24) is 14.4 Å². The van der Waals surface area contributed by atoms with E-state index < -0.39 is 0 Å². The van der Waals surface area contributed by atoms with Crippen molar-refractivity contribution in [3.63, 3.8) is 0 Å². The summed E-state index contributed by atoms with van der Waals surface area (Å²) in [7, 11) is 0. The van der Waals surface area contributed by atoms with E-state index in [0.29, 0.717) is 11.4 Å². The number of anilines is 2. The van der Waals surface area contributed by atoms with E-state index in [0.717, 1.165) is 45.4 Å². The van der Waals surface area contributed by atoms with Crippen LogP contribution in [0.4, 0.5) is 10.8 Å². The lowest BCUT2D eigenvalue weighted by Gasteiger charge is -2.04. The van der Waals surface area contributed by atoms with Gasteiger partial charge in [0, 0.05) is 23.7 Å². The first-order valence-electron chi connectivity index (χ1n) is 8.04. The van der Waals surface area contributed by atoms with Crippen LogP contribution >= 0.6 is 22.9 Å². The first-order valence-corrected chi connectivity index (χ1v) is 9.29. The van der Waals surface area contributed by atoms with Crippen LogP contribution in [0.15, 0.2) is 48.0 Å². The largest absolute Gasteiger partial charge is 0.332 e. The van der Waals surface area contributed by atoms with Crippen molar-refractivity contribution in [1.29, 1.82) is 0 Å². The highest BCUT2D eigenvalue weighted by Gasteiger charge is 2.14. The number of rotatable bonds is 5. The predicted molar refractivity (Wildman–Crippen MR) is 106 cm³/mol. The molecule has 0 unspecified atom stereocenters. The maximum atomic E-state index is 10.7. The van der Waals surface area contributed by atoms with E-state index in [-0.39, 0.29) is 0 Å². The van der Waals surface area contributed by atoms with Gasteiger partial charge in [-0.15, -0.1) is 11.3 Å². The minimum atomic E-state index is 0.403. The van der Waals surface area contributed by atoms with Gasteiger partial charge in [0.2, 0.25) is 0 Å². The molecule has 1 N–H and O–H groups in total. The average Bonchev–Trinajstić information content (AvgIpc) is 3.18. The average molecular weight is 383 g/mol. The summed E-state index contributed by atoms with van der Waals surface area (Å²) < 4.78 is 1.96. The lowest BCUT2D eigenvalue weighted by molar-refractivity contribution is -0.107. The van der Waals surface area contributed by atoms with Crippen molar-refractivity contribution >= 4 is 45.7 Å². The summed E-state index contributed by atoms with van der Waals surface area (Å²) in [6, 6.07) is 11.5. The number of carbonyl (C=O) groups excluding carboxylic acids is 1. The molecule has 3 heterocycles. The topological polar surface area (TPSA) is 59.3 Å². The number of aldehydes is 1. The van der Waals surface area contributed by atoms with Crippen LogP contribution in [0.1, 0.15) is 11.3 Å². The Bertz CT molecular complexity index is 1100. The zero-order valence-electron chi connectivity index (χ0n) is 13.9. The third-order valence-electron chi connectivity index (χ3n) is 4.00. The minimum absolute atomic E-state index is 0.403. The van der Waals surface area contributed by atoms with E-state index >= 15 is 0 Å². The molecule has 0 saturated carbocycles. The summed E-state index contributed by atoms with van der Waals surface area (Å²) in [5, 5.41) is 6.72. The number of pyridine rings is 1. The molecule has 0 aliphatic heterocycles. The van der Waals surface area contributed by atoms with Gasteiger partial charge in [-0.2, -0.15) is 0 Å². The van der Waals surface area contributed by atoms with Gasteiger partial charge in [0.25, 0.3) is 0 Å². The summed E-state index contributed by atoms with van der Waals surface area (Å²) in [5.74, 6) is 0. The van der Waals surface area contributed by atoms with E-state index in [1.807, 2.05) is 59.3 Å². The first kappa shape index (κ1) is 16.8. The number of halogens is 1. The molecule has 0 fully saturated rings. The molecule has 3 aromatic heterocycles. The summed E-state index contributed by atoms with van der Waals surface area (Å²) in [6.07, 6.45) is 3.15. The molecule has 130 valence electrons. The van der Waals surface area contributed by atoms with Gasteiger partial charge in [-0.1, -0.05) is 23.7 Å². The molecule has 0 amide bonds. The van der Waals surface area contributed by atoms with Gasteiger partial charge in [-0.25, -0.2) is 9.97 Å². The third kappa shape index (κ3) is 3.21. The molecule has 4 rings (SSSR count). The quantitative estimate of drug-likeness (QED) is 0.498. The van der Waals surface area contributed by atoms with Crippen molar-refractivity contribution in [2.45, 2.75) is 13.3 Å². The van der Waals surface area contributed by atoms with Crippen LogP contribution in [0.25, 0.3) is 17.0 Å². The van der Waals surface area contributed by atoms with Crippen LogP contribution in [0, 0.1) is 6.92 Å². The fourth-order valence-corrected chi connectivity index (χ4v) is 3.76. The van der Waals surface area contributed by atoms with E-state index in [1.54, 1.807) is 0 Å². The Morgan fingerprint density at radius 3 is 3.00 bits per heavy atom. The van der Waals surface area contributed by atoms with Crippen molar-refractivity contribution < 1.29 is 4.79 Å². The van der Waals surface area contributed by atoms with Gasteiger partial charge >= 0.3 is 0 Å². The number of benzene rings is 1. The number of hydrogen-bond acceptors (Lipinski definition) is 5. The van der Waals surface area contributed by atoms with Crippen molar-refractivity contribution in [2.24, 2.45) is 0 Å². The Morgan fingerprint density at radius 2 is 2.15 bits per heavy atom. The molecule has 0 saturated heterocycles. The smallest absolute Gasteiger partial charge is 0.187 e. The van der Waals surface area contributed by atoms with Gasteiger partial charge in [0.1, 0.15) is 17.6 Å². The third-order valence-corrected chi connectivity index (χ3v) is 4.98. The van der Waals surface area contributed by atoms with Gasteiger partial charge in [-0.3, -0.25) is 4.40 Å². The van der Waals surface area contributed by atoms with Crippen molar-refractivity contribution in [3.05, 3.63) is 64.3 Å². The monoisotopic (exact) mass is 382 g/mol. The highest BCUT2D eigenvalue weighted by molar-refractivity contribution is 7.14. The second-order valence-corrected chi connectivity index (χ2v) is 7.15. The number of carbonyl (C=O) groups is 1. The number of nitrogens with one attached hydrogen (secondary N) is 1. The molecule has 0 aliphatic rings. The first-order chi connectivity index (χ1) is 12.6. The molecule has 26 heavy (non-hydrogen) atoms. The van der Waals surface area contributed by atoms with Crippen LogP contribution in [0.5, 0.6) is 0 Å². The number of imidazole rings is 1. The number of aromatic nitrogens is 3. The van der Waals surface area contributed by atoms with Crippen LogP contribution < -0.4 is 5.32 Å². The molecule has 4 aromatic rings. The number of aryl methyl sites for hydroxylation is 1. The second kappa shape index (κ2) is 6.90. The van der Waals surface area contributed by atoms with Crippen LogP contribution in [0.3, 0.4) is 0 Å². The number of thiazole rings is 1. The minimum Gasteiger partial charge on any atom is -0.332 e. The highest BCUT2D eigenvalue weighted by atomic mass is 35.5. The summed E-state index contributed by atoms with van der Waals surface area (Å²) in [4.78, 5) is 20.0. The molecule has 0 spiro atoms. The molecule has 0 aliphatic carbocycles.